The molecule has 1 atom stereocenters. The Labute approximate surface area is 89.5 Å². The van der Waals surface area contributed by atoms with E-state index >= 15 is 0 Å². The molecule has 1 unspecified atom stereocenters. The van der Waals surface area contributed by atoms with E-state index in [9.17, 15) is 0 Å². The molecule has 0 aliphatic heterocycles. The lowest BCUT2D eigenvalue weighted by molar-refractivity contribution is 0.0761. The summed E-state index contributed by atoms with van der Waals surface area (Å²) in [6.07, 6.45) is 0.125. The fourth-order valence-electron chi connectivity index (χ4n) is 1.16. The van der Waals surface area contributed by atoms with E-state index in [4.69, 9.17) is 4.74 Å². The van der Waals surface area contributed by atoms with Crippen molar-refractivity contribution in [2.75, 3.05) is 13.2 Å². The first kappa shape index (κ1) is 11.6. The zero-order chi connectivity index (χ0) is 10.4. The number of hydrogen-bond donors (Lipinski definition) is 1. The Bertz CT molecular complexity index is 262. The monoisotopic (exact) mass is 214 g/mol. The van der Waals surface area contributed by atoms with E-state index in [2.05, 4.69) is 22.6 Å². The van der Waals surface area contributed by atoms with Gasteiger partial charge in [0.1, 0.15) is 11.1 Å². The van der Waals surface area contributed by atoms with Crippen LogP contribution in [0.3, 0.4) is 0 Å². The Morgan fingerprint density at radius 1 is 1.57 bits per heavy atom. The normalized spacial score (nSPS) is 13.1. The lowest BCUT2D eigenvalue weighted by Crippen LogP contribution is -2.12. The number of thiazole rings is 1. The molecule has 0 spiro atoms. The van der Waals surface area contributed by atoms with Crippen LogP contribution in [-0.4, -0.2) is 18.1 Å². The van der Waals surface area contributed by atoms with Gasteiger partial charge in [-0.2, -0.15) is 0 Å². The summed E-state index contributed by atoms with van der Waals surface area (Å²) >= 11 is 1.67. The molecule has 14 heavy (non-hydrogen) atoms. The molecule has 4 heteroatoms. The molecule has 0 aliphatic rings. The summed E-state index contributed by atoms with van der Waals surface area (Å²) in [5.74, 6) is 0. The van der Waals surface area contributed by atoms with E-state index in [0.717, 1.165) is 30.4 Å². The van der Waals surface area contributed by atoms with Gasteiger partial charge in [-0.1, -0.05) is 6.92 Å². The summed E-state index contributed by atoms with van der Waals surface area (Å²) in [4.78, 5) is 4.50. The maximum Gasteiger partial charge on any atom is 0.122 e. The molecule has 0 bridgehead atoms. The maximum absolute atomic E-state index is 5.47. The van der Waals surface area contributed by atoms with Gasteiger partial charge < -0.3 is 10.1 Å². The lowest BCUT2D eigenvalue weighted by atomic mass is 10.4. The van der Waals surface area contributed by atoms with E-state index in [1.165, 1.54) is 0 Å². The molecule has 1 aromatic heterocycles. The number of hydrogen-bond acceptors (Lipinski definition) is 4. The van der Waals surface area contributed by atoms with Crippen molar-refractivity contribution in [2.24, 2.45) is 0 Å². The molecule has 0 aliphatic carbocycles. The van der Waals surface area contributed by atoms with Crippen molar-refractivity contribution in [1.29, 1.82) is 0 Å². The van der Waals surface area contributed by atoms with Gasteiger partial charge in [0.05, 0.1) is 5.69 Å². The van der Waals surface area contributed by atoms with Crippen LogP contribution in [0.4, 0.5) is 0 Å². The smallest absolute Gasteiger partial charge is 0.122 e. The first-order valence-electron chi connectivity index (χ1n) is 5.04. The molecule has 80 valence electrons. The minimum Gasteiger partial charge on any atom is -0.372 e. The summed E-state index contributed by atoms with van der Waals surface area (Å²) < 4.78 is 5.47. The fourth-order valence-corrected chi connectivity index (χ4v) is 1.99. The highest BCUT2D eigenvalue weighted by Gasteiger charge is 2.09. The number of ether oxygens (including phenoxy) is 1. The third-order valence-corrected chi connectivity index (χ3v) is 2.94. The fraction of sp³-hybridized carbons (Fsp3) is 0.700. The Kier molecular flexibility index (Phi) is 5.07. The van der Waals surface area contributed by atoms with Gasteiger partial charge in [-0.15, -0.1) is 11.3 Å². The molecule has 0 fully saturated rings. The second-order valence-corrected chi connectivity index (χ2v) is 3.94. The average Bonchev–Trinajstić information content (AvgIpc) is 2.63. The molecule has 0 saturated carbocycles. The Hall–Kier alpha value is -0.450. The summed E-state index contributed by atoms with van der Waals surface area (Å²) in [5, 5.41) is 6.41. The number of nitrogens with zero attached hydrogens (tertiary/aromatic N) is 1. The molecule has 0 amide bonds. The lowest BCUT2D eigenvalue weighted by Gasteiger charge is -2.06. The minimum atomic E-state index is 0.125. The van der Waals surface area contributed by atoms with Crippen molar-refractivity contribution in [3.05, 3.63) is 16.1 Å². The SMILES string of the molecule is CCNCc1csc(C(C)OCC)n1. The third-order valence-electron chi connectivity index (χ3n) is 1.89. The molecule has 0 radical (unpaired) electrons. The summed E-state index contributed by atoms with van der Waals surface area (Å²) in [6.45, 7) is 8.71. The van der Waals surface area contributed by atoms with Gasteiger partial charge >= 0.3 is 0 Å². The van der Waals surface area contributed by atoms with Crippen LogP contribution in [0.1, 0.15) is 37.6 Å². The zero-order valence-corrected chi connectivity index (χ0v) is 9.86. The first-order valence-corrected chi connectivity index (χ1v) is 5.92. The van der Waals surface area contributed by atoms with E-state index in [0.29, 0.717) is 0 Å². The van der Waals surface area contributed by atoms with E-state index in [-0.39, 0.29) is 6.10 Å². The number of nitrogens with one attached hydrogen (secondary N) is 1. The highest BCUT2D eigenvalue weighted by Crippen LogP contribution is 2.20. The van der Waals surface area contributed by atoms with Crippen molar-refractivity contribution in [3.63, 3.8) is 0 Å². The Balaban J connectivity index is 2.49. The molecular weight excluding hydrogens is 196 g/mol. The molecule has 3 nitrogen and oxygen atoms in total. The van der Waals surface area contributed by atoms with Crippen molar-refractivity contribution < 1.29 is 4.74 Å². The summed E-state index contributed by atoms with van der Waals surface area (Å²) in [5.41, 5.74) is 1.11. The second kappa shape index (κ2) is 6.11. The van der Waals surface area contributed by atoms with Gasteiger partial charge in [0.25, 0.3) is 0 Å². The van der Waals surface area contributed by atoms with Crippen molar-refractivity contribution >= 4 is 11.3 Å². The topological polar surface area (TPSA) is 34.1 Å². The van der Waals surface area contributed by atoms with Gasteiger partial charge in [-0.05, 0) is 20.4 Å². The molecule has 0 aromatic carbocycles. The summed E-state index contributed by atoms with van der Waals surface area (Å²) in [6, 6.07) is 0. The van der Waals surface area contributed by atoms with Gasteiger partial charge in [-0.25, -0.2) is 4.98 Å². The van der Waals surface area contributed by atoms with Crippen LogP contribution >= 0.6 is 11.3 Å². The van der Waals surface area contributed by atoms with Gasteiger partial charge in [0, 0.05) is 18.5 Å². The quantitative estimate of drug-likeness (QED) is 0.789. The first-order chi connectivity index (χ1) is 6.77. The number of rotatable bonds is 6. The average molecular weight is 214 g/mol. The van der Waals surface area contributed by atoms with Crippen LogP contribution in [0.25, 0.3) is 0 Å². The highest BCUT2D eigenvalue weighted by atomic mass is 32.1. The highest BCUT2D eigenvalue weighted by molar-refractivity contribution is 7.09. The van der Waals surface area contributed by atoms with Crippen molar-refractivity contribution in [2.45, 2.75) is 33.4 Å². The Morgan fingerprint density at radius 2 is 2.36 bits per heavy atom. The molecular formula is C10H18N2OS. The molecule has 0 saturated heterocycles. The molecule has 1 aromatic rings. The van der Waals surface area contributed by atoms with Crippen molar-refractivity contribution in [1.82, 2.24) is 10.3 Å². The standard InChI is InChI=1S/C10H18N2OS/c1-4-11-6-9-7-14-10(12-9)8(3)13-5-2/h7-8,11H,4-6H2,1-3H3. The second-order valence-electron chi connectivity index (χ2n) is 3.05. The third kappa shape index (κ3) is 3.36. The molecule has 1 heterocycles. The predicted octanol–water partition coefficient (Wildman–Crippen LogP) is 2.35. The van der Waals surface area contributed by atoms with Gasteiger partial charge in [0.15, 0.2) is 0 Å². The van der Waals surface area contributed by atoms with E-state index < -0.39 is 0 Å². The van der Waals surface area contributed by atoms with Crippen LogP contribution in [0.2, 0.25) is 0 Å². The summed E-state index contributed by atoms with van der Waals surface area (Å²) in [7, 11) is 0. The van der Waals surface area contributed by atoms with Gasteiger partial charge in [-0.3, -0.25) is 0 Å². The zero-order valence-electron chi connectivity index (χ0n) is 9.04. The van der Waals surface area contributed by atoms with Crippen LogP contribution in [0.15, 0.2) is 5.38 Å². The predicted molar refractivity (Wildman–Crippen MR) is 59.5 cm³/mol. The van der Waals surface area contributed by atoms with Crippen LogP contribution < -0.4 is 5.32 Å². The van der Waals surface area contributed by atoms with Crippen LogP contribution in [0, 0.1) is 0 Å². The van der Waals surface area contributed by atoms with Gasteiger partial charge in [0.2, 0.25) is 0 Å². The Morgan fingerprint density at radius 3 is 3.00 bits per heavy atom. The maximum atomic E-state index is 5.47. The molecule has 1 rings (SSSR count). The van der Waals surface area contributed by atoms with Crippen molar-refractivity contribution in [3.8, 4) is 0 Å². The minimum absolute atomic E-state index is 0.125. The largest absolute Gasteiger partial charge is 0.372 e. The van der Waals surface area contributed by atoms with Crippen LogP contribution in [0.5, 0.6) is 0 Å². The van der Waals surface area contributed by atoms with Crippen LogP contribution in [-0.2, 0) is 11.3 Å². The van der Waals surface area contributed by atoms with E-state index in [1.807, 2.05) is 13.8 Å². The molecule has 1 N–H and O–H groups in total. The van der Waals surface area contributed by atoms with E-state index in [1.54, 1.807) is 11.3 Å². The number of aromatic nitrogens is 1.